The van der Waals surface area contributed by atoms with Crippen LogP contribution in [0.25, 0.3) is 6.08 Å². The largest absolute Gasteiger partial charge is 0.478 e. The highest BCUT2D eigenvalue weighted by atomic mass is 32.2. The van der Waals surface area contributed by atoms with Crippen molar-refractivity contribution in [3.8, 4) is 6.07 Å². The Kier molecular flexibility index (Phi) is 8.47. The third-order valence-electron chi connectivity index (χ3n) is 7.01. The number of ketones is 1. The molecule has 1 aliphatic carbocycles. The van der Waals surface area contributed by atoms with Crippen LogP contribution in [0.5, 0.6) is 0 Å². The fraction of sp³-hybridized carbons (Fsp3) is 0.226. The molecular formula is C31H28N6O4S2. The maximum absolute atomic E-state index is 13.6. The van der Waals surface area contributed by atoms with Crippen LogP contribution >= 0.6 is 23.1 Å². The molecular weight excluding hydrogens is 585 g/mol. The summed E-state index contributed by atoms with van der Waals surface area (Å²) >= 11 is 2.36. The third kappa shape index (κ3) is 6.53. The molecule has 1 amide bonds. The summed E-state index contributed by atoms with van der Waals surface area (Å²) in [7, 11) is 0. The number of Topliss-reactive ketones (excluding diaryl/α,β-unsaturated/α-hetero) is 1. The summed E-state index contributed by atoms with van der Waals surface area (Å²) < 4.78 is 0.491. The van der Waals surface area contributed by atoms with Crippen molar-refractivity contribution in [2.45, 2.75) is 31.0 Å². The number of rotatable bonds is 8. The zero-order valence-electron chi connectivity index (χ0n) is 23.4. The lowest BCUT2D eigenvalue weighted by Crippen LogP contribution is -2.42. The van der Waals surface area contributed by atoms with E-state index in [2.05, 4.69) is 21.6 Å². The molecule has 0 saturated heterocycles. The molecule has 5 rings (SSSR count). The van der Waals surface area contributed by atoms with Gasteiger partial charge in [0, 0.05) is 29.3 Å². The quantitative estimate of drug-likeness (QED) is 0.279. The monoisotopic (exact) mass is 612 g/mol. The Hall–Kier alpha value is -4.73. The maximum atomic E-state index is 13.6. The van der Waals surface area contributed by atoms with E-state index in [1.54, 1.807) is 17.0 Å². The number of carboxylic acid groups (broad SMARTS) is 1. The van der Waals surface area contributed by atoms with E-state index in [-0.39, 0.29) is 39.8 Å². The van der Waals surface area contributed by atoms with Crippen LogP contribution in [-0.2, 0) is 9.59 Å². The van der Waals surface area contributed by atoms with Crippen molar-refractivity contribution in [1.82, 2.24) is 10.2 Å². The number of thioether (sulfide) groups is 1. The van der Waals surface area contributed by atoms with Crippen molar-refractivity contribution >= 4 is 57.7 Å². The first kappa shape index (κ1) is 29.8. The standard InChI is InChI=1S/C31H28N6O4S2/c1-31(2)14-23-26(24(38)15-31)21(12-11-18-7-4-3-5-8-18)22(16-32)27(33)37(23)29-35-36-30(43-29)42-17-25(39)34-20-10-6-9-19(13-20)28(40)41/h3-13,21H,14-15,17,33H2,1-2H3,(H,34,39)(H,40,41)/b12-11+. The summed E-state index contributed by atoms with van der Waals surface area (Å²) in [6.45, 7) is 4.04. The van der Waals surface area contributed by atoms with Crippen LogP contribution in [0.15, 0.2) is 87.7 Å². The molecule has 43 heavy (non-hydrogen) atoms. The topological polar surface area (TPSA) is 162 Å². The van der Waals surface area contributed by atoms with Crippen LogP contribution in [0.2, 0.25) is 0 Å². The molecule has 2 aliphatic rings. The van der Waals surface area contributed by atoms with Crippen LogP contribution in [0.4, 0.5) is 10.8 Å². The Bertz CT molecular complexity index is 1740. The average Bonchev–Trinajstić information content (AvgIpc) is 3.43. The van der Waals surface area contributed by atoms with Gasteiger partial charge in [0.25, 0.3) is 0 Å². The van der Waals surface area contributed by atoms with E-state index in [1.807, 2.05) is 56.3 Å². The zero-order chi connectivity index (χ0) is 30.7. The first-order valence-corrected chi connectivity index (χ1v) is 15.2. The number of nitriles is 1. The van der Waals surface area contributed by atoms with E-state index in [9.17, 15) is 24.8 Å². The normalized spacial score (nSPS) is 18.0. The Morgan fingerprint density at radius 3 is 2.70 bits per heavy atom. The van der Waals surface area contributed by atoms with Gasteiger partial charge in [-0.2, -0.15) is 5.26 Å². The molecule has 0 radical (unpaired) electrons. The fourth-order valence-corrected chi connectivity index (χ4v) is 6.82. The van der Waals surface area contributed by atoms with Crippen LogP contribution in [-0.4, -0.2) is 38.7 Å². The first-order valence-electron chi connectivity index (χ1n) is 13.3. The molecule has 0 spiro atoms. The van der Waals surface area contributed by atoms with Gasteiger partial charge in [-0.3, -0.25) is 14.5 Å². The number of amides is 1. The molecule has 2 heterocycles. The minimum Gasteiger partial charge on any atom is -0.478 e. The number of nitrogens with one attached hydrogen (secondary N) is 1. The molecule has 0 fully saturated rings. The van der Waals surface area contributed by atoms with Gasteiger partial charge in [0.2, 0.25) is 11.0 Å². The summed E-state index contributed by atoms with van der Waals surface area (Å²) in [5.74, 6) is -1.86. The predicted octanol–water partition coefficient (Wildman–Crippen LogP) is 5.45. The summed E-state index contributed by atoms with van der Waals surface area (Å²) in [5, 5.41) is 31.0. The van der Waals surface area contributed by atoms with Crippen molar-refractivity contribution < 1.29 is 19.5 Å². The SMILES string of the molecule is CC1(C)CC(=O)C2=C(C1)N(c1nnc(SCC(=O)Nc3cccc(C(=O)O)c3)s1)C(N)=C(C#N)C2/C=C/c1ccccc1. The van der Waals surface area contributed by atoms with E-state index >= 15 is 0 Å². The highest BCUT2D eigenvalue weighted by Gasteiger charge is 2.44. The van der Waals surface area contributed by atoms with Gasteiger partial charge in [0.05, 0.1) is 23.0 Å². The number of carbonyl (C=O) groups is 3. The highest BCUT2D eigenvalue weighted by Crippen LogP contribution is 2.48. The van der Waals surface area contributed by atoms with Crippen LogP contribution in [0, 0.1) is 22.7 Å². The van der Waals surface area contributed by atoms with Gasteiger partial charge in [-0.1, -0.05) is 85.5 Å². The molecule has 12 heteroatoms. The number of aromatic carboxylic acids is 1. The molecule has 218 valence electrons. The number of aromatic nitrogens is 2. The number of nitrogens with two attached hydrogens (primary N) is 1. The van der Waals surface area contributed by atoms with E-state index in [0.29, 0.717) is 39.3 Å². The Labute approximate surface area is 256 Å². The van der Waals surface area contributed by atoms with Crippen molar-refractivity contribution in [2.75, 3.05) is 16.0 Å². The van der Waals surface area contributed by atoms with E-state index in [4.69, 9.17) is 5.73 Å². The first-order chi connectivity index (χ1) is 20.6. The molecule has 1 atom stereocenters. The zero-order valence-corrected chi connectivity index (χ0v) is 25.0. The van der Waals surface area contributed by atoms with Gasteiger partial charge in [0.1, 0.15) is 5.82 Å². The average molecular weight is 613 g/mol. The molecule has 0 saturated carbocycles. The molecule has 2 aromatic carbocycles. The molecule has 0 bridgehead atoms. The van der Waals surface area contributed by atoms with Crippen molar-refractivity contribution in [3.63, 3.8) is 0 Å². The van der Waals surface area contributed by atoms with Gasteiger partial charge < -0.3 is 16.2 Å². The van der Waals surface area contributed by atoms with Crippen LogP contribution < -0.4 is 16.0 Å². The second-order valence-electron chi connectivity index (χ2n) is 10.9. The Balaban J connectivity index is 1.41. The highest BCUT2D eigenvalue weighted by molar-refractivity contribution is 8.01. The van der Waals surface area contributed by atoms with Gasteiger partial charge in [-0.05, 0) is 35.6 Å². The third-order valence-corrected chi connectivity index (χ3v) is 9.06. The Morgan fingerprint density at radius 1 is 1.21 bits per heavy atom. The number of anilines is 2. The second-order valence-corrected chi connectivity index (χ2v) is 13.0. The van der Waals surface area contributed by atoms with E-state index in [0.717, 1.165) is 17.3 Å². The van der Waals surface area contributed by atoms with Crippen LogP contribution in [0.3, 0.4) is 0 Å². The number of hydrogen-bond acceptors (Lipinski definition) is 10. The second kappa shape index (κ2) is 12.2. The molecule has 1 unspecified atom stereocenters. The van der Waals surface area contributed by atoms with E-state index < -0.39 is 11.9 Å². The molecule has 3 aromatic rings. The number of carboxylic acids is 1. The number of allylic oxidation sites excluding steroid dienone is 4. The number of benzene rings is 2. The number of hydrogen-bond donors (Lipinski definition) is 3. The lowest BCUT2D eigenvalue weighted by atomic mass is 9.70. The molecule has 4 N–H and O–H groups in total. The van der Waals surface area contributed by atoms with Gasteiger partial charge in [-0.25, -0.2) is 4.79 Å². The number of nitrogens with zero attached hydrogens (tertiary/aromatic N) is 4. The van der Waals surface area contributed by atoms with Gasteiger partial charge >= 0.3 is 5.97 Å². The smallest absolute Gasteiger partial charge is 0.335 e. The number of carbonyl (C=O) groups excluding carboxylic acids is 2. The summed E-state index contributed by atoms with van der Waals surface area (Å²) in [6, 6.07) is 17.9. The molecule has 10 nitrogen and oxygen atoms in total. The lowest BCUT2D eigenvalue weighted by molar-refractivity contribution is -0.118. The maximum Gasteiger partial charge on any atom is 0.335 e. The van der Waals surface area contributed by atoms with Gasteiger partial charge in [-0.15, -0.1) is 10.2 Å². The van der Waals surface area contributed by atoms with Crippen LogP contribution in [0.1, 0.15) is 42.6 Å². The Morgan fingerprint density at radius 2 is 1.98 bits per heavy atom. The van der Waals surface area contributed by atoms with Gasteiger partial charge in [0.15, 0.2) is 10.1 Å². The summed E-state index contributed by atoms with van der Waals surface area (Å²) in [6.07, 6.45) is 4.64. The fourth-order valence-electron chi connectivity index (χ4n) is 5.14. The van der Waals surface area contributed by atoms with Crippen molar-refractivity contribution in [3.05, 3.63) is 94.5 Å². The van der Waals surface area contributed by atoms with Crippen molar-refractivity contribution in [1.29, 1.82) is 5.26 Å². The summed E-state index contributed by atoms with van der Waals surface area (Å²) in [5.41, 5.74) is 9.19. The molecule has 1 aromatic heterocycles. The molecule has 1 aliphatic heterocycles. The summed E-state index contributed by atoms with van der Waals surface area (Å²) in [4.78, 5) is 39.0. The van der Waals surface area contributed by atoms with Crippen molar-refractivity contribution in [2.24, 2.45) is 17.1 Å². The van der Waals surface area contributed by atoms with E-state index in [1.165, 1.54) is 23.5 Å². The lowest BCUT2D eigenvalue weighted by Gasteiger charge is -2.41. The minimum absolute atomic E-state index is 0.00647. The predicted molar refractivity (Wildman–Crippen MR) is 166 cm³/mol. The minimum atomic E-state index is -1.09.